The predicted octanol–water partition coefficient (Wildman–Crippen LogP) is 2.54. The Kier molecular flexibility index (Phi) is 5.41. The summed E-state index contributed by atoms with van der Waals surface area (Å²) in [5, 5.41) is 7.71. The zero-order valence-corrected chi connectivity index (χ0v) is 14.5. The number of nitrogens with zero attached hydrogens (tertiary/aromatic N) is 2. The summed E-state index contributed by atoms with van der Waals surface area (Å²) < 4.78 is 0. The Morgan fingerprint density at radius 3 is 2.62 bits per heavy atom. The molecule has 4 nitrogen and oxygen atoms in total. The number of likely N-dealkylation sites (N-methyl/N-ethyl adjacent to an activating group) is 1. The van der Waals surface area contributed by atoms with E-state index in [1.165, 1.54) is 5.56 Å². The van der Waals surface area contributed by atoms with Gasteiger partial charge in [-0.25, -0.2) is 0 Å². The van der Waals surface area contributed by atoms with Crippen LogP contribution in [0.15, 0.2) is 16.8 Å². The molecule has 0 aromatic carbocycles. The zero-order valence-electron chi connectivity index (χ0n) is 13.7. The Morgan fingerprint density at radius 2 is 2.10 bits per heavy atom. The number of carbonyl (C=O) groups is 1. The van der Waals surface area contributed by atoms with Gasteiger partial charge < -0.3 is 9.80 Å². The molecule has 1 saturated heterocycles. The third kappa shape index (κ3) is 3.65. The standard InChI is InChI=1S/C16H27N3OS/c1-11(2)14-16(20)19(8-7-18(5)12(3)4)15(17-14)13-6-9-21-10-13/h6,9-12,14-15,17H,7-8H2,1-5H3. The topological polar surface area (TPSA) is 35.6 Å². The quantitative estimate of drug-likeness (QED) is 0.877. The van der Waals surface area contributed by atoms with Crippen molar-refractivity contribution in [3.8, 4) is 0 Å². The average molecular weight is 309 g/mol. The number of nitrogens with one attached hydrogen (secondary N) is 1. The van der Waals surface area contributed by atoms with Crippen molar-refractivity contribution >= 4 is 17.2 Å². The predicted molar refractivity (Wildman–Crippen MR) is 88.3 cm³/mol. The minimum Gasteiger partial charge on any atom is -0.320 e. The molecule has 21 heavy (non-hydrogen) atoms. The third-order valence-corrected chi connectivity index (χ3v) is 5.00. The van der Waals surface area contributed by atoms with Crippen molar-refractivity contribution in [2.24, 2.45) is 5.92 Å². The van der Waals surface area contributed by atoms with Crippen LogP contribution in [0.1, 0.15) is 39.4 Å². The Balaban J connectivity index is 2.12. The molecule has 118 valence electrons. The average Bonchev–Trinajstić information content (AvgIpc) is 3.03. The summed E-state index contributed by atoms with van der Waals surface area (Å²) >= 11 is 1.68. The molecule has 1 fully saturated rings. The number of hydrogen-bond donors (Lipinski definition) is 1. The lowest BCUT2D eigenvalue weighted by molar-refractivity contribution is -0.131. The van der Waals surface area contributed by atoms with Gasteiger partial charge in [0, 0.05) is 19.1 Å². The Labute approximate surface area is 132 Å². The van der Waals surface area contributed by atoms with Gasteiger partial charge in [0.15, 0.2) is 0 Å². The lowest BCUT2D eigenvalue weighted by Crippen LogP contribution is -2.39. The molecule has 2 atom stereocenters. The van der Waals surface area contributed by atoms with Gasteiger partial charge in [-0.1, -0.05) is 13.8 Å². The van der Waals surface area contributed by atoms with Crippen molar-refractivity contribution in [2.75, 3.05) is 20.1 Å². The van der Waals surface area contributed by atoms with E-state index < -0.39 is 0 Å². The minimum absolute atomic E-state index is 0.0247. The molecule has 1 aromatic heterocycles. The van der Waals surface area contributed by atoms with Gasteiger partial charge in [0.05, 0.1) is 6.04 Å². The van der Waals surface area contributed by atoms with Crippen molar-refractivity contribution < 1.29 is 4.79 Å². The molecule has 2 heterocycles. The molecule has 0 spiro atoms. The normalized spacial score (nSPS) is 23.0. The number of rotatable bonds is 6. The van der Waals surface area contributed by atoms with Crippen LogP contribution in [-0.4, -0.2) is 47.9 Å². The van der Waals surface area contributed by atoms with Crippen LogP contribution in [0.3, 0.4) is 0 Å². The van der Waals surface area contributed by atoms with Crippen molar-refractivity contribution in [1.29, 1.82) is 0 Å². The Bertz CT molecular complexity index is 458. The molecule has 1 N–H and O–H groups in total. The summed E-state index contributed by atoms with van der Waals surface area (Å²) in [4.78, 5) is 17.0. The molecule has 1 aliphatic heterocycles. The zero-order chi connectivity index (χ0) is 15.6. The van der Waals surface area contributed by atoms with E-state index in [0.717, 1.165) is 13.1 Å². The van der Waals surface area contributed by atoms with E-state index in [1.807, 2.05) is 4.90 Å². The minimum atomic E-state index is -0.0701. The fourth-order valence-electron chi connectivity index (χ4n) is 2.58. The molecule has 1 aromatic rings. The van der Waals surface area contributed by atoms with Crippen LogP contribution in [0.4, 0.5) is 0 Å². The van der Waals surface area contributed by atoms with Crippen molar-refractivity contribution in [3.05, 3.63) is 22.4 Å². The first-order valence-corrected chi connectivity index (χ1v) is 8.65. The number of carbonyl (C=O) groups excluding carboxylic acids is 1. The lowest BCUT2D eigenvalue weighted by Gasteiger charge is -2.28. The first-order valence-electron chi connectivity index (χ1n) is 7.70. The monoisotopic (exact) mass is 309 g/mol. The summed E-state index contributed by atoms with van der Waals surface area (Å²) in [6.07, 6.45) is 0.0247. The molecule has 0 bridgehead atoms. The van der Waals surface area contributed by atoms with Crippen LogP contribution >= 0.6 is 11.3 Å². The van der Waals surface area contributed by atoms with E-state index in [-0.39, 0.29) is 18.1 Å². The maximum absolute atomic E-state index is 12.7. The van der Waals surface area contributed by atoms with E-state index in [9.17, 15) is 4.79 Å². The van der Waals surface area contributed by atoms with Gasteiger partial charge >= 0.3 is 0 Å². The number of thiophene rings is 1. The second kappa shape index (κ2) is 6.90. The molecule has 2 unspecified atom stereocenters. The highest BCUT2D eigenvalue weighted by atomic mass is 32.1. The van der Waals surface area contributed by atoms with Gasteiger partial charge in [0.25, 0.3) is 0 Å². The van der Waals surface area contributed by atoms with Crippen LogP contribution in [0.2, 0.25) is 0 Å². The first-order chi connectivity index (χ1) is 9.91. The van der Waals surface area contributed by atoms with Crippen molar-refractivity contribution in [2.45, 2.75) is 45.9 Å². The van der Waals surface area contributed by atoms with Gasteiger partial charge in [0.2, 0.25) is 5.91 Å². The van der Waals surface area contributed by atoms with Gasteiger partial charge in [0.1, 0.15) is 6.17 Å². The maximum Gasteiger partial charge on any atom is 0.241 e. The molecule has 1 aliphatic rings. The molecule has 0 saturated carbocycles. The SMILES string of the molecule is CC(C)C1NC(c2ccsc2)N(CCN(C)C(C)C)C1=O. The molecular formula is C16H27N3OS. The summed E-state index contributed by atoms with van der Waals surface area (Å²) in [5.74, 6) is 0.546. The largest absolute Gasteiger partial charge is 0.320 e. The van der Waals surface area contributed by atoms with E-state index in [2.05, 4.69) is 61.8 Å². The van der Waals surface area contributed by atoms with Crippen LogP contribution in [0.5, 0.6) is 0 Å². The van der Waals surface area contributed by atoms with Crippen LogP contribution in [0, 0.1) is 5.92 Å². The number of amides is 1. The molecule has 5 heteroatoms. The van der Waals surface area contributed by atoms with Crippen LogP contribution in [-0.2, 0) is 4.79 Å². The smallest absolute Gasteiger partial charge is 0.241 e. The summed E-state index contributed by atoms with van der Waals surface area (Å²) in [6.45, 7) is 10.2. The number of hydrogen-bond acceptors (Lipinski definition) is 4. The second-order valence-electron chi connectivity index (χ2n) is 6.45. The molecule has 0 radical (unpaired) electrons. The van der Waals surface area contributed by atoms with Gasteiger partial charge in [-0.05, 0) is 49.2 Å². The first kappa shape index (κ1) is 16.5. The maximum atomic E-state index is 12.7. The molecular weight excluding hydrogens is 282 g/mol. The van der Waals surface area contributed by atoms with E-state index in [0.29, 0.717) is 12.0 Å². The molecule has 0 aliphatic carbocycles. The lowest BCUT2D eigenvalue weighted by atomic mass is 10.1. The van der Waals surface area contributed by atoms with Crippen LogP contribution in [0.25, 0.3) is 0 Å². The van der Waals surface area contributed by atoms with Gasteiger partial charge in [-0.15, -0.1) is 0 Å². The van der Waals surface area contributed by atoms with E-state index in [4.69, 9.17) is 0 Å². The summed E-state index contributed by atoms with van der Waals surface area (Å²) in [5.41, 5.74) is 1.20. The Morgan fingerprint density at radius 1 is 1.38 bits per heavy atom. The molecule has 2 rings (SSSR count). The summed E-state index contributed by atoms with van der Waals surface area (Å²) in [6, 6.07) is 2.53. The Hall–Kier alpha value is -0.910. The second-order valence-corrected chi connectivity index (χ2v) is 7.23. The van der Waals surface area contributed by atoms with Gasteiger partial charge in [-0.3, -0.25) is 10.1 Å². The highest BCUT2D eigenvalue weighted by molar-refractivity contribution is 7.07. The van der Waals surface area contributed by atoms with E-state index >= 15 is 0 Å². The van der Waals surface area contributed by atoms with Crippen molar-refractivity contribution in [3.63, 3.8) is 0 Å². The van der Waals surface area contributed by atoms with Crippen molar-refractivity contribution in [1.82, 2.24) is 15.1 Å². The highest BCUT2D eigenvalue weighted by Crippen LogP contribution is 2.29. The fourth-order valence-corrected chi connectivity index (χ4v) is 3.26. The fraction of sp³-hybridized carbons (Fsp3) is 0.688. The van der Waals surface area contributed by atoms with E-state index in [1.54, 1.807) is 11.3 Å². The van der Waals surface area contributed by atoms with Crippen LogP contribution < -0.4 is 5.32 Å². The highest BCUT2D eigenvalue weighted by Gasteiger charge is 2.40. The third-order valence-electron chi connectivity index (χ3n) is 4.30. The van der Waals surface area contributed by atoms with Gasteiger partial charge in [-0.2, -0.15) is 11.3 Å². The molecule has 1 amide bonds. The summed E-state index contributed by atoms with van der Waals surface area (Å²) in [7, 11) is 2.11.